The lowest BCUT2D eigenvalue weighted by Gasteiger charge is -2.30. The van der Waals surface area contributed by atoms with Gasteiger partial charge in [-0.3, -0.25) is 0 Å². The molecule has 1 N–H and O–H groups in total. The standard InChI is InChI=1S/C18H32N2/c1-5-13-19-18(17-11-9-8-10-12-17)16(4)15-20(7-3)14-6-2/h8-12,16,18-19H,5-7,13-15H2,1-4H3. The lowest BCUT2D eigenvalue weighted by Crippen LogP contribution is -2.36. The van der Waals surface area contributed by atoms with Crippen LogP contribution in [-0.2, 0) is 0 Å². The molecule has 1 aromatic rings. The second-order valence-electron chi connectivity index (χ2n) is 5.71. The lowest BCUT2D eigenvalue weighted by molar-refractivity contribution is 0.219. The van der Waals surface area contributed by atoms with Crippen LogP contribution in [0.15, 0.2) is 30.3 Å². The fourth-order valence-electron chi connectivity index (χ4n) is 2.82. The summed E-state index contributed by atoms with van der Waals surface area (Å²) in [4.78, 5) is 2.56. The van der Waals surface area contributed by atoms with Crippen LogP contribution < -0.4 is 5.32 Å². The summed E-state index contributed by atoms with van der Waals surface area (Å²) in [7, 11) is 0. The van der Waals surface area contributed by atoms with Gasteiger partial charge in [0.25, 0.3) is 0 Å². The first-order valence-corrected chi connectivity index (χ1v) is 8.23. The quantitative estimate of drug-likeness (QED) is 0.692. The van der Waals surface area contributed by atoms with Gasteiger partial charge in [0, 0.05) is 12.6 Å². The van der Waals surface area contributed by atoms with Gasteiger partial charge in [-0.15, -0.1) is 0 Å². The number of nitrogens with zero attached hydrogens (tertiary/aromatic N) is 1. The van der Waals surface area contributed by atoms with Crippen LogP contribution in [0, 0.1) is 5.92 Å². The molecule has 0 bridgehead atoms. The van der Waals surface area contributed by atoms with Gasteiger partial charge in [-0.05, 0) is 44.0 Å². The third-order valence-electron chi connectivity index (χ3n) is 3.88. The normalized spacial score (nSPS) is 14.4. The molecular formula is C18H32N2. The van der Waals surface area contributed by atoms with E-state index in [-0.39, 0.29) is 0 Å². The maximum atomic E-state index is 3.73. The van der Waals surface area contributed by atoms with Crippen molar-refractivity contribution in [3.8, 4) is 0 Å². The molecule has 0 fully saturated rings. The molecule has 1 rings (SSSR count). The highest BCUT2D eigenvalue weighted by atomic mass is 15.1. The molecule has 0 aliphatic rings. The summed E-state index contributed by atoms with van der Waals surface area (Å²) in [6.07, 6.45) is 2.42. The molecule has 1 aromatic carbocycles. The molecule has 20 heavy (non-hydrogen) atoms. The molecular weight excluding hydrogens is 244 g/mol. The van der Waals surface area contributed by atoms with Gasteiger partial charge in [0.15, 0.2) is 0 Å². The molecule has 114 valence electrons. The monoisotopic (exact) mass is 276 g/mol. The molecule has 2 nitrogen and oxygen atoms in total. The molecule has 0 spiro atoms. The van der Waals surface area contributed by atoms with Crippen molar-refractivity contribution < 1.29 is 0 Å². The van der Waals surface area contributed by atoms with Crippen molar-refractivity contribution in [3.05, 3.63) is 35.9 Å². The van der Waals surface area contributed by atoms with Crippen LogP contribution >= 0.6 is 0 Å². The molecule has 0 radical (unpaired) electrons. The predicted molar refractivity (Wildman–Crippen MR) is 89.0 cm³/mol. The molecule has 2 atom stereocenters. The summed E-state index contributed by atoms with van der Waals surface area (Å²) in [6, 6.07) is 11.3. The first-order valence-electron chi connectivity index (χ1n) is 8.23. The van der Waals surface area contributed by atoms with Crippen molar-refractivity contribution in [1.29, 1.82) is 0 Å². The Labute approximate surface area is 125 Å². The van der Waals surface area contributed by atoms with Crippen LogP contribution in [-0.4, -0.2) is 31.1 Å². The van der Waals surface area contributed by atoms with Crippen molar-refractivity contribution >= 4 is 0 Å². The summed E-state index contributed by atoms with van der Waals surface area (Å²) in [5, 5.41) is 3.73. The van der Waals surface area contributed by atoms with Crippen LogP contribution in [0.25, 0.3) is 0 Å². The molecule has 2 unspecified atom stereocenters. The van der Waals surface area contributed by atoms with Gasteiger partial charge in [-0.2, -0.15) is 0 Å². The zero-order valence-corrected chi connectivity index (χ0v) is 13.7. The maximum Gasteiger partial charge on any atom is 0.0358 e. The van der Waals surface area contributed by atoms with Crippen LogP contribution in [0.3, 0.4) is 0 Å². The van der Waals surface area contributed by atoms with Crippen LogP contribution in [0.2, 0.25) is 0 Å². The Balaban J connectivity index is 2.71. The largest absolute Gasteiger partial charge is 0.310 e. The van der Waals surface area contributed by atoms with E-state index in [0.717, 1.165) is 13.1 Å². The maximum absolute atomic E-state index is 3.73. The van der Waals surface area contributed by atoms with Gasteiger partial charge in [-0.1, -0.05) is 58.0 Å². The minimum atomic E-state index is 0.460. The highest BCUT2D eigenvalue weighted by Crippen LogP contribution is 2.22. The fraction of sp³-hybridized carbons (Fsp3) is 0.667. The summed E-state index contributed by atoms with van der Waals surface area (Å²) in [5.41, 5.74) is 1.42. The minimum absolute atomic E-state index is 0.460. The second kappa shape index (κ2) is 9.95. The van der Waals surface area contributed by atoms with Crippen molar-refractivity contribution in [2.24, 2.45) is 5.92 Å². The van der Waals surface area contributed by atoms with Crippen LogP contribution in [0.1, 0.15) is 52.1 Å². The zero-order chi connectivity index (χ0) is 14.8. The summed E-state index contributed by atoms with van der Waals surface area (Å²) in [6.45, 7) is 13.7. The summed E-state index contributed by atoms with van der Waals surface area (Å²) < 4.78 is 0. The highest BCUT2D eigenvalue weighted by molar-refractivity contribution is 5.19. The van der Waals surface area contributed by atoms with E-state index in [1.807, 2.05) is 0 Å². The third-order valence-corrected chi connectivity index (χ3v) is 3.88. The topological polar surface area (TPSA) is 15.3 Å². The molecule has 0 aliphatic carbocycles. The SMILES string of the molecule is CCCNC(c1ccccc1)C(C)CN(CC)CCC. The number of benzene rings is 1. The summed E-state index contributed by atoms with van der Waals surface area (Å²) in [5.74, 6) is 0.621. The van der Waals surface area contributed by atoms with Gasteiger partial charge < -0.3 is 10.2 Å². The Bertz CT molecular complexity index is 337. The fourth-order valence-corrected chi connectivity index (χ4v) is 2.82. The lowest BCUT2D eigenvalue weighted by atomic mass is 9.93. The Morgan fingerprint density at radius 3 is 2.30 bits per heavy atom. The number of hydrogen-bond acceptors (Lipinski definition) is 2. The van der Waals surface area contributed by atoms with Gasteiger partial charge >= 0.3 is 0 Å². The van der Waals surface area contributed by atoms with Crippen LogP contribution in [0.5, 0.6) is 0 Å². The van der Waals surface area contributed by atoms with E-state index in [1.165, 1.54) is 31.5 Å². The Hall–Kier alpha value is -0.860. The van der Waals surface area contributed by atoms with Crippen molar-refractivity contribution in [2.75, 3.05) is 26.2 Å². The van der Waals surface area contributed by atoms with E-state index < -0.39 is 0 Å². The van der Waals surface area contributed by atoms with E-state index in [0.29, 0.717) is 12.0 Å². The molecule has 0 heterocycles. The predicted octanol–water partition coefficient (Wildman–Crippen LogP) is 4.10. The van der Waals surface area contributed by atoms with Gasteiger partial charge in [0.05, 0.1) is 0 Å². The molecule has 0 aliphatic heterocycles. The first-order chi connectivity index (χ1) is 9.72. The van der Waals surface area contributed by atoms with Gasteiger partial charge in [0.1, 0.15) is 0 Å². The van der Waals surface area contributed by atoms with Gasteiger partial charge in [-0.25, -0.2) is 0 Å². The Morgan fingerprint density at radius 1 is 1.05 bits per heavy atom. The highest BCUT2D eigenvalue weighted by Gasteiger charge is 2.20. The number of rotatable bonds is 10. The second-order valence-corrected chi connectivity index (χ2v) is 5.71. The molecule has 0 amide bonds. The van der Waals surface area contributed by atoms with E-state index in [9.17, 15) is 0 Å². The van der Waals surface area contributed by atoms with E-state index in [2.05, 4.69) is 68.2 Å². The Kier molecular flexibility index (Phi) is 8.56. The molecule has 0 saturated carbocycles. The number of hydrogen-bond donors (Lipinski definition) is 1. The van der Waals surface area contributed by atoms with Crippen molar-refractivity contribution in [1.82, 2.24) is 10.2 Å². The minimum Gasteiger partial charge on any atom is -0.310 e. The van der Waals surface area contributed by atoms with Crippen molar-refractivity contribution in [3.63, 3.8) is 0 Å². The molecule has 2 heteroatoms. The third kappa shape index (κ3) is 5.64. The van der Waals surface area contributed by atoms with E-state index in [4.69, 9.17) is 0 Å². The molecule has 0 saturated heterocycles. The van der Waals surface area contributed by atoms with Gasteiger partial charge in [0.2, 0.25) is 0 Å². The average molecular weight is 276 g/mol. The molecule has 0 aromatic heterocycles. The number of nitrogens with one attached hydrogen (secondary N) is 1. The average Bonchev–Trinajstić information content (AvgIpc) is 2.48. The van der Waals surface area contributed by atoms with Crippen LogP contribution in [0.4, 0.5) is 0 Å². The Morgan fingerprint density at radius 2 is 1.75 bits per heavy atom. The van der Waals surface area contributed by atoms with Crippen molar-refractivity contribution in [2.45, 2.75) is 46.6 Å². The smallest absolute Gasteiger partial charge is 0.0358 e. The van der Waals surface area contributed by atoms with E-state index >= 15 is 0 Å². The first kappa shape index (κ1) is 17.2. The van der Waals surface area contributed by atoms with E-state index in [1.54, 1.807) is 0 Å². The summed E-state index contributed by atoms with van der Waals surface area (Å²) >= 11 is 0. The zero-order valence-electron chi connectivity index (χ0n) is 13.7.